The molecule has 0 radical (unpaired) electrons. The molecule has 0 N–H and O–H groups in total. The van der Waals surface area contributed by atoms with E-state index in [4.69, 9.17) is 9.47 Å². The highest BCUT2D eigenvalue weighted by Gasteiger charge is 2.30. The first-order valence-electron chi connectivity index (χ1n) is 8.64. The van der Waals surface area contributed by atoms with Crippen LogP contribution in [0.2, 0.25) is 0 Å². The highest BCUT2D eigenvalue weighted by atomic mass is 32.1. The van der Waals surface area contributed by atoms with Crippen LogP contribution in [0, 0.1) is 0 Å². The molecule has 1 aromatic heterocycles. The van der Waals surface area contributed by atoms with Gasteiger partial charge in [0, 0.05) is 31.5 Å². The van der Waals surface area contributed by atoms with E-state index in [1.807, 2.05) is 23.6 Å². The van der Waals surface area contributed by atoms with Crippen molar-refractivity contribution in [3.05, 3.63) is 16.9 Å². The molecular formula is C18H21N3O5S. The normalized spacial score (nSPS) is 15.1. The second kappa shape index (κ2) is 7.91. The van der Waals surface area contributed by atoms with Crippen LogP contribution in [-0.2, 0) is 20.9 Å². The summed E-state index contributed by atoms with van der Waals surface area (Å²) in [5, 5.41) is 0. The molecule has 0 bridgehead atoms. The van der Waals surface area contributed by atoms with Gasteiger partial charge >= 0.3 is 0 Å². The van der Waals surface area contributed by atoms with Crippen molar-refractivity contribution in [1.29, 1.82) is 0 Å². The fourth-order valence-electron chi connectivity index (χ4n) is 3.00. The third-order valence-electron chi connectivity index (χ3n) is 4.30. The summed E-state index contributed by atoms with van der Waals surface area (Å²) in [6.07, 6.45) is 1.17. The molecule has 3 amide bonds. The van der Waals surface area contributed by atoms with Crippen LogP contribution in [0.1, 0.15) is 26.2 Å². The second-order valence-corrected chi connectivity index (χ2v) is 7.10. The molecule has 1 aliphatic heterocycles. The minimum absolute atomic E-state index is 0.157. The van der Waals surface area contributed by atoms with Gasteiger partial charge in [-0.05, 0) is 6.42 Å². The number of fused-ring (bicyclic) bond motifs is 1. The predicted molar refractivity (Wildman–Crippen MR) is 99.7 cm³/mol. The Kier molecular flexibility index (Phi) is 5.59. The minimum atomic E-state index is -0.520. The zero-order valence-electron chi connectivity index (χ0n) is 15.5. The number of imide groups is 1. The molecule has 144 valence electrons. The molecular weight excluding hydrogens is 370 g/mol. The van der Waals surface area contributed by atoms with E-state index < -0.39 is 5.91 Å². The van der Waals surface area contributed by atoms with Crippen molar-refractivity contribution in [3.8, 4) is 11.5 Å². The number of amides is 3. The van der Waals surface area contributed by atoms with Gasteiger partial charge in [0.15, 0.2) is 16.3 Å². The van der Waals surface area contributed by atoms with Crippen molar-refractivity contribution < 1.29 is 23.9 Å². The molecule has 0 atom stereocenters. The lowest BCUT2D eigenvalue weighted by Crippen LogP contribution is -2.34. The van der Waals surface area contributed by atoms with Gasteiger partial charge in [0.25, 0.3) is 5.91 Å². The lowest BCUT2D eigenvalue weighted by atomic mass is 10.3. The van der Waals surface area contributed by atoms with Crippen LogP contribution in [0.5, 0.6) is 11.5 Å². The van der Waals surface area contributed by atoms with Crippen molar-refractivity contribution in [1.82, 2.24) is 9.47 Å². The average molecular weight is 391 g/mol. The summed E-state index contributed by atoms with van der Waals surface area (Å²) < 4.78 is 13.5. The molecule has 2 heterocycles. The highest BCUT2D eigenvalue weighted by Crippen LogP contribution is 2.33. The molecule has 27 heavy (non-hydrogen) atoms. The van der Waals surface area contributed by atoms with Crippen molar-refractivity contribution >= 4 is 39.3 Å². The molecule has 0 unspecified atom stereocenters. The Morgan fingerprint density at radius 3 is 2.37 bits per heavy atom. The lowest BCUT2D eigenvalue weighted by molar-refractivity contribution is -0.141. The van der Waals surface area contributed by atoms with Gasteiger partial charge in [-0.1, -0.05) is 18.3 Å². The van der Waals surface area contributed by atoms with Gasteiger partial charge in [0.2, 0.25) is 11.8 Å². The molecule has 3 rings (SSSR count). The smallest absolute Gasteiger partial charge is 0.268 e. The number of aryl methyl sites for hydroxylation is 1. The van der Waals surface area contributed by atoms with E-state index in [0.717, 1.165) is 21.5 Å². The average Bonchev–Trinajstić information content (AvgIpc) is 3.14. The van der Waals surface area contributed by atoms with E-state index in [9.17, 15) is 14.4 Å². The summed E-state index contributed by atoms with van der Waals surface area (Å²) in [6.45, 7) is 2.39. The number of benzene rings is 1. The Balaban J connectivity index is 2.02. The van der Waals surface area contributed by atoms with Gasteiger partial charge in [-0.2, -0.15) is 4.99 Å². The number of nitrogens with zero attached hydrogens (tertiary/aromatic N) is 3. The molecule has 0 saturated carbocycles. The van der Waals surface area contributed by atoms with Crippen LogP contribution in [0.15, 0.2) is 17.1 Å². The van der Waals surface area contributed by atoms with Gasteiger partial charge in [0.05, 0.1) is 24.4 Å². The Labute approximate surface area is 160 Å². The van der Waals surface area contributed by atoms with Crippen LogP contribution >= 0.6 is 11.3 Å². The number of carbonyl (C=O) groups is 3. The number of methoxy groups -OCH3 is 2. The molecule has 0 aliphatic carbocycles. The first-order valence-corrected chi connectivity index (χ1v) is 9.46. The maximum Gasteiger partial charge on any atom is 0.268 e. The van der Waals surface area contributed by atoms with Crippen LogP contribution in [0.4, 0.5) is 0 Å². The standard InChI is InChI=1S/C18H21N3O5S/c1-4-7-20-11-8-12(25-2)13(26-3)9-14(11)27-18(20)19-15(22)10-21-16(23)5-6-17(21)24/h8-9H,4-7,10H2,1-3H3. The number of hydrogen-bond donors (Lipinski definition) is 0. The topological polar surface area (TPSA) is 90.2 Å². The van der Waals surface area contributed by atoms with Gasteiger partial charge in [-0.3, -0.25) is 19.3 Å². The summed E-state index contributed by atoms with van der Waals surface area (Å²) in [7, 11) is 3.13. The maximum atomic E-state index is 12.4. The third kappa shape index (κ3) is 3.73. The van der Waals surface area contributed by atoms with Gasteiger partial charge in [0.1, 0.15) is 6.54 Å². The van der Waals surface area contributed by atoms with E-state index in [0.29, 0.717) is 22.8 Å². The highest BCUT2D eigenvalue weighted by molar-refractivity contribution is 7.16. The molecule has 1 saturated heterocycles. The minimum Gasteiger partial charge on any atom is -0.493 e. The van der Waals surface area contributed by atoms with E-state index in [1.54, 1.807) is 14.2 Å². The Morgan fingerprint density at radius 1 is 1.15 bits per heavy atom. The van der Waals surface area contributed by atoms with Crippen molar-refractivity contribution in [2.45, 2.75) is 32.7 Å². The molecule has 1 aliphatic rings. The number of hydrogen-bond acceptors (Lipinski definition) is 6. The predicted octanol–water partition coefficient (Wildman–Crippen LogP) is 1.71. The van der Waals surface area contributed by atoms with E-state index >= 15 is 0 Å². The van der Waals surface area contributed by atoms with Gasteiger partial charge < -0.3 is 14.0 Å². The van der Waals surface area contributed by atoms with Gasteiger partial charge in [-0.25, -0.2) is 0 Å². The quantitative estimate of drug-likeness (QED) is 0.699. The van der Waals surface area contributed by atoms with E-state index in [2.05, 4.69) is 4.99 Å². The van der Waals surface area contributed by atoms with E-state index in [-0.39, 0.29) is 31.2 Å². The first-order chi connectivity index (χ1) is 13.0. The molecule has 1 aromatic carbocycles. The number of thiazole rings is 1. The summed E-state index contributed by atoms with van der Waals surface area (Å²) in [4.78, 5) is 41.5. The maximum absolute atomic E-state index is 12.4. The van der Waals surface area contributed by atoms with E-state index in [1.165, 1.54) is 11.3 Å². The van der Waals surface area contributed by atoms with Crippen molar-refractivity contribution in [3.63, 3.8) is 0 Å². The summed E-state index contributed by atoms with van der Waals surface area (Å²) in [5.41, 5.74) is 0.888. The zero-order chi connectivity index (χ0) is 19.6. The van der Waals surface area contributed by atoms with Crippen LogP contribution in [-0.4, -0.2) is 48.0 Å². The monoisotopic (exact) mass is 391 g/mol. The molecule has 0 spiro atoms. The summed E-state index contributed by atoms with van der Waals surface area (Å²) in [6, 6.07) is 3.71. The molecule has 9 heteroatoms. The van der Waals surface area contributed by atoms with Crippen LogP contribution in [0.25, 0.3) is 10.2 Å². The van der Waals surface area contributed by atoms with Gasteiger partial charge in [-0.15, -0.1) is 0 Å². The summed E-state index contributed by atoms with van der Waals surface area (Å²) >= 11 is 1.35. The third-order valence-corrected chi connectivity index (χ3v) is 5.34. The number of rotatable bonds is 6. The number of ether oxygens (including phenoxy) is 2. The number of carbonyl (C=O) groups excluding carboxylic acids is 3. The second-order valence-electron chi connectivity index (χ2n) is 6.09. The fraction of sp³-hybridized carbons (Fsp3) is 0.444. The Morgan fingerprint density at radius 2 is 1.78 bits per heavy atom. The number of likely N-dealkylation sites (tertiary alicyclic amines) is 1. The lowest BCUT2D eigenvalue weighted by Gasteiger charge is -2.10. The van der Waals surface area contributed by atoms with Crippen LogP contribution in [0.3, 0.4) is 0 Å². The molecule has 2 aromatic rings. The zero-order valence-corrected chi connectivity index (χ0v) is 16.3. The molecule has 8 nitrogen and oxygen atoms in total. The first kappa shape index (κ1) is 19.1. The Hall–Kier alpha value is -2.68. The summed E-state index contributed by atoms with van der Waals surface area (Å²) in [5.74, 6) is 0.0281. The van der Waals surface area contributed by atoms with Crippen LogP contribution < -0.4 is 14.3 Å². The van der Waals surface area contributed by atoms with Crippen molar-refractivity contribution in [2.24, 2.45) is 4.99 Å². The number of aromatic nitrogens is 1. The SMILES string of the molecule is CCCn1c(=NC(=O)CN2C(=O)CCC2=O)sc2cc(OC)c(OC)cc21. The Bertz CT molecular complexity index is 959. The van der Waals surface area contributed by atoms with Crippen molar-refractivity contribution in [2.75, 3.05) is 20.8 Å². The largest absolute Gasteiger partial charge is 0.493 e. The fourth-order valence-corrected chi connectivity index (χ4v) is 4.08. The molecule has 1 fully saturated rings.